The average molecular weight is 370 g/mol. The summed E-state index contributed by atoms with van der Waals surface area (Å²) in [6.45, 7) is 3.88. The summed E-state index contributed by atoms with van der Waals surface area (Å²) in [5.41, 5.74) is 0.291. The summed E-state index contributed by atoms with van der Waals surface area (Å²) in [7, 11) is 2.77. The molecule has 0 aromatic heterocycles. The third kappa shape index (κ3) is 3.64. The fourth-order valence-electron chi connectivity index (χ4n) is 2.98. The Kier molecular flexibility index (Phi) is 6.07. The zero-order chi connectivity index (χ0) is 18.7. The van der Waals surface area contributed by atoms with E-state index < -0.39 is 23.6 Å². The van der Waals surface area contributed by atoms with Crippen LogP contribution in [0.15, 0.2) is 29.5 Å². The number of carbonyl (C=O) groups excluding carboxylic acids is 1. The zero-order valence-corrected chi connectivity index (χ0v) is 15.2. The van der Waals surface area contributed by atoms with Gasteiger partial charge in [0.2, 0.25) is 0 Å². The Morgan fingerprint density at radius 1 is 1.36 bits per heavy atom. The lowest BCUT2D eigenvalue weighted by Gasteiger charge is -2.40. The molecule has 1 aromatic carbocycles. The zero-order valence-electron chi connectivity index (χ0n) is 14.4. The lowest BCUT2D eigenvalue weighted by molar-refractivity contribution is -0.136. The molecule has 0 unspecified atom stereocenters. The Morgan fingerprint density at radius 2 is 1.96 bits per heavy atom. The molecule has 25 heavy (non-hydrogen) atoms. The standard InChI is InChI=1S/C17H20F2N2O3S/c1-9(8-23-3)21-10(2)13(16(22)24-4)15(20-17(21)25)14-11(18)6-5-7-12(14)19/h5-7,9,15H,8H2,1-4H3,(H,20,25)/t9-,15+/m0/s1. The molecule has 1 aliphatic rings. The van der Waals surface area contributed by atoms with Crippen molar-refractivity contribution >= 4 is 23.3 Å². The van der Waals surface area contributed by atoms with Gasteiger partial charge in [-0.3, -0.25) is 0 Å². The second-order valence-electron chi connectivity index (χ2n) is 5.68. The van der Waals surface area contributed by atoms with Crippen LogP contribution in [0.5, 0.6) is 0 Å². The molecule has 0 bridgehead atoms. The Morgan fingerprint density at radius 3 is 2.48 bits per heavy atom. The lowest BCUT2D eigenvalue weighted by atomic mass is 9.93. The van der Waals surface area contributed by atoms with E-state index in [2.05, 4.69) is 5.32 Å². The molecule has 2 rings (SSSR count). The number of hydrogen-bond donors (Lipinski definition) is 1. The van der Waals surface area contributed by atoms with Gasteiger partial charge < -0.3 is 19.7 Å². The number of nitrogens with zero attached hydrogens (tertiary/aromatic N) is 1. The first kappa shape index (κ1) is 19.3. The molecule has 0 amide bonds. The Hall–Kier alpha value is -2.06. The highest BCUT2D eigenvalue weighted by Gasteiger charge is 2.38. The maximum absolute atomic E-state index is 14.3. The van der Waals surface area contributed by atoms with Crippen molar-refractivity contribution in [2.24, 2.45) is 0 Å². The number of esters is 1. The molecule has 0 saturated heterocycles. The summed E-state index contributed by atoms with van der Waals surface area (Å²) in [5, 5.41) is 3.11. The normalized spacial score (nSPS) is 18.9. The maximum atomic E-state index is 14.3. The number of hydrogen-bond acceptors (Lipinski definition) is 4. The second kappa shape index (κ2) is 7.88. The highest BCUT2D eigenvalue weighted by Crippen LogP contribution is 2.34. The number of methoxy groups -OCH3 is 2. The number of ether oxygens (including phenoxy) is 2. The second-order valence-corrected chi connectivity index (χ2v) is 6.07. The largest absolute Gasteiger partial charge is 0.466 e. The minimum atomic E-state index is -1.08. The van der Waals surface area contributed by atoms with Gasteiger partial charge in [0, 0.05) is 12.8 Å². The van der Waals surface area contributed by atoms with Crippen molar-refractivity contribution in [1.82, 2.24) is 10.2 Å². The fourth-order valence-corrected chi connectivity index (χ4v) is 3.42. The van der Waals surface area contributed by atoms with Crippen molar-refractivity contribution in [3.05, 3.63) is 46.7 Å². The summed E-state index contributed by atoms with van der Waals surface area (Å²) < 4.78 is 38.5. The number of allylic oxidation sites excluding steroid dienone is 1. The van der Waals surface area contributed by atoms with Crippen molar-refractivity contribution < 1.29 is 23.0 Å². The van der Waals surface area contributed by atoms with Crippen LogP contribution in [0.25, 0.3) is 0 Å². The van der Waals surface area contributed by atoms with E-state index in [0.29, 0.717) is 12.3 Å². The summed E-state index contributed by atoms with van der Waals surface area (Å²) in [6, 6.07) is 2.26. The molecule has 1 heterocycles. The third-order valence-corrected chi connectivity index (χ3v) is 4.38. The summed E-state index contributed by atoms with van der Waals surface area (Å²) in [5.74, 6) is -2.23. The molecule has 0 radical (unpaired) electrons. The smallest absolute Gasteiger partial charge is 0.337 e. The van der Waals surface area contributed by atoms with Crippen molar-refractivity contribution in [3.63, 3.8) is 0 Å². The van der Waals surface area contributed by atoms with Crippen LogP contribution >= 0.6 is 12.2 Å². The molecular formula is C17H20F2N2O3S. The van der Waals surface area contributed by atoms with Crippen LogP contribution in [0, 0.1) is 11.6 Å². The third-order valence-electron chi connectivity index (χ3n) is 4.07. The number of carbonyl (C=O) groups is 1. The van der Waals surface area contributed by atoms with Gasteiger partial charge in [0.25, 0.3) is 0 Å². The fraction of sp³-hybridized carbons (Fsp3) is 0.412. The topological polar surface area (TPSA) is 50.8 Å². The van der Waals surface area contributed by atoms with Crippen LogP contribution in [0.1, 0.15) is 25.5 Å². The first-order valence-electron chi connectivity index (χ1n) is 7.65. The molecule has 0 spiro atoms. The molecule has 1 N–H and O–H groups in total. The highest BCUT2D eigenvalue weighted by atomic mass is 32.1. The number of benzene rings is 1. The van der Waals surface area contributed by atoms with Gasteiger partial charge in [0.1, 0.15) is 11.6 Å². The molecule has 0 fully saturated rings. The van der Waals surface area contributed by atoms with E-state index in [1.807, 2.05) is 6.92 Å². The van der Waals surface area contributed by atoms with Crippen LogP contribution in [0.4, 0.5) is 8.78 Å². The van der Waals surface area contributed by atoms with Gasteiger partial charge in [0.05, 0.1) is 36.9 Å². The molecule has 136 valence electrons. The lowest BCUT2D eigenvalue weighted by Crippen LogP contribution is -2.52. The molecule has 0 saturated carbocycles. The van der Waals surface area contributed by atoms with Crippen LogP contribution in [0.2, 0.25) is 0 Å². The van der Waals surface area contributed by atoms with E-state index in [-0.39, 0.29) is 22.3 Å². The monoisotopic (exact) mass is 370 g/mol. The molecule has 2 atom stereocenters. The summed E-state index contributed by atoms with van der Waals surface area (Å²) in [6.07, 6.45) is 0. The van der Waals surface area contributed by atoms with Gasteiger partial charge >= 0.3 is 5.97 Å². The number of thiocarbonyl (C=S) groups is 1. The quantitative estimate of drug-likeness (QED) is 0.635. The van der Waals surface area contributed by atoms with Crippen LogP contribution in [-0.2, 0) is 14.3 Å². The van der Waals surface area contributed by atoms with E-state index in [1.54, 1.807) is 18.9 Å². The summed E-state index contributed by atoms with van der Waals surface area (Å²) >= 11 is 5.36. The van der Waals surface area contributed by atoms with Crippen LogP contribution < -0.4 is 5.32 Å². The van der Waals surface area contributed by atoms with E-state index in [4.69, 9.17) is 21.7 Å². The molecule has 1 aliphatic heterocycles. The first-order chi connectivity index (χ1) is 11.8. The summed E-state index contributed by atoms with van der Waals surface area (Å²) in [4.78, 5) is 14.0. The maximum Gasteiger partial charge on any atom is 0.337 e. The van der Waals surface area contributed by atoms with Gasteiger partial charge in [-0.2, -0.15) is 0 Å². The van der Waals surface area contributed by atoms with Crippen molar-refractivity contribution in [2.45, 2.75) is 25.9 Å². The highest BCUT2D eigenvalue weighted by molar-refractivity contribution is 7.80. The predicted octanol–water partition coefficient (Wildman–Crippen LogP) is 2.68. The number of nitrogens with one attached hydrogen (secondary N) is 1. The van der Waals surface area contributed by atoms with Crippen molar-refractivity contribution in [2.75, 3.05) is 20.8 Å². The van der Waals surface area contributed by atoms with E-state index in [0.717, 1.165) is 12.1 Å². The van der Waals surface area contributed by atoms with Crippen molar-refractivity contribution in [3.8, 4) is 0 Å². The first-order valence-corrected chi connectivity index (χ1v) is 8.05. The van der Waals surface area contributed by atoms with Gasteiger partial charge in [-0.25, -0.2) is 13.6 Å². The molecule has 5 nitrogen and oxygen atoms in total. The molecule has 1 aromatic rings. The van der Waals surface area contributed by atoms with Gasteiger partial charge in [-0.05, 0) is 38.2 Å². The van der Waals surface area contributed by atoms with Gasteiger partial charge in [0.15, 0.2) is 5.11 Å². The molecule has 8 heteroatoms. The Labute approximate surface area is 150 Å². The Bertz CT molecular complexity index is 704. The number of rotatable bonds is 5. The molecular weight excluding hydrogens is 350 g/mol. The molecule has 0 aliphatic carbocycles. The van der Waals surface area contributed by atoms with E-state index in [9.17, 15) is 13.6 Å². The Balaban J connectivity index is 2.62. The minimum absolute atomic E-state index is 0.100. The van der Waals surface area contributed by atoms with Crippen LogP contribution in [-0.4, -0.2) is 42.8 Å². The SMILES string of the molecule is COC[C@H](C)N1C(=S)N[C@@H](c2c(F)cccc2F)C(C(=O)OC)=C1C. The average Bonchev–Trinajstić information content (AvgIpc) is 2.54. The number of halogens is 2. The van der Waals surface area contributed by atoms with Crippen molar-refractivity contribution in [1.29, 1.82) is 0 Å². The predicted molar refractivity (Wildman–Crippen MR) is 92.7 cm³/mol. The van der Waals surface area contributed by atoms with Crippen LogP contribution in [0.3, 0.4) is 0 Å². The van der Waals surface area contributed by atoms with Gasteiger partial charge in [-0.15, -0.1) is 0 Å². The van der Waals surface area contributed by atoms with E-state index >= 15 is 0 Å². The van der Waals surface area contributed by atoms with E-state index in [1.165, 1.54) is 13.2 Å². The van der Waals surface area contributed by atoms with Gasteiger partial charge in [-0.1, -0.05) is 6.07 Å². The minimum Gasteiger partial charge on any atom is -0.466 e.